The van der Waals surface area contributed by atoms with Crippen molar-refractivity contribution in [2.24, 2.45) is 0 Å². The molecule has 0 amide bonds. The molecule has 1 aromatic rings. The normalized spacial score (nSPS) is 19.0. The van der Waals surface area contributed by atoms with E-state index in [-0.39, 0.29) is 0 Å². The van der Waals surface area contributed by atoms with Gasteiger partial charge in [-0.15, -0.1) is 5.10 Å². The van der Waals surface area contributed by atoms with Crippen molar-refractivity contribution in [1.82, 2.24) is 20.2 Å². The van der Waals surface area contributed by atoms with E-state index in [2.05, 4.69) is 15.5 Å². The summed E-state index contributed by atoms with van der Waals surface area (Å²) in [6, 6.07) is 0.616. The van der Waals surface area contributed by atoms with Crippen molar-refractivity contribution in [3.05, 3.63) is 6.33 Å². The summed E-state index contributed by atoms with van der Waals surface area (Å²) in [5, 5.41) is 10.8. The van der Waals surface area contributed by atoms with Gasteiger partial charge in [0, 0.05) is 0 Å². The van der Waals surface area contributed by atoms with Crippen molar-refractivity contribution in [2.45, 2.75) is 18.9 Å². The fourth-order valence-electron chi connectivity index (χ4n) is 0.675. The standard InChI is InChI=1S/C4H6N4/c1-2-4(1)8-3-5-6-7-8/h3-4H,1-2H2. The van der Waals surface area contributed by atoms with Gasteiger partial charge in [-0.3, -0.25) is 0 Å². The minimum atomic E-state index is 0.616. The van der Waals surface area contributed by atoms with Gasteiger partial charge in [0.15, 0.2) is 0 Å². The summed E-state index contributed by atoms with van der Waals surface area (Å²) < 4.78 is 1.81. The molecule has 1 aromatic heterocycles. The van der Waals surface area contributed by atoms with Crippen molar-refractivity contribution in [1.29, 1.82) is 0 Å². The molecule has 0 spiro atoms. The van der Waals surface area contributed by atoms with Crippen molar-refractivity contribution in [2.75, 3.05) is 0 Å². The smallest absolute Gasteiger partial charge is 0.138 e. The van der Waals surface area contributed by atoms with Gasteiger partial charge in [0.2, 0.25) is 0 Å². The Balaban J connectivity index is 2.28. The van der Waals surface area contributed by atoms with Crippen LogP contribution < -0.4 is 0 Å². The number of tetrazole rings is 1. The fraction of sp³-hybridized carbons (Fsp3) is 0.750. The molecule has 4 heteroatoms. The molecule has 0 aliphatic heterocycles. The van der Waals surface area contributed by atoms with E-state index in [1.54, 1.807) is 11.0 Å². The molecule has 0 saturated heterocycles. The van der Waals surface area contributed by atoms with Gasteiger partial charge >= 0.3 is 0 Å². The molecule has 0 N–H and O–H groups in total. The lowest BCUT2D eigenvalue weighted by Crippen LogP contribution is -1.92. The molecule has 1 aliphatic rings. The van der Waals surface area contributed by atoms with E-state index in [1.807, 2.05) is 0 Å². The maximum Gasteiger partial charge on any atom is 0.138 e. The number of hydrogen-bond acceptors (Lipinski definition) is 3. The topological polar surface area (TPSA) is 43.6 Å². The lowest BCUT2D eigenvalue weighted by atomic mass is 10.7. The van der Waals surface area contributed by atoms with Gasteiger partial charge in [-0.25, -0.2) is 4.68 Å². The third kappa shape index (κ3) is 0.492. The Morgan fingerprint density at radius 2 is 2.38 bits per heavy atom. The summed E-state index contributed by atoms with van der Waals surface area (Å²) >= 11 is 0. The Morgan fingerprint density at radius 3 is 2.88 bits per heavy atom. The van der Waals surface area contributed by atoms with Crippen LogP contribution in [0.3, 0.4) is 0 Å². The predicted octanol–water partition coefficient (Wildman–Crippen LogP) is 0.00800. The zero-order chi connectivity index (χ0) is 5.40. The SMILES string of the molecule is c1nnnn1C1CC1. The fourth-order valence-corrected chi connectivity index (χ4v) is 0.675. The highest BCUT2D eigenvalue weighted by atomic mass is 15.5. The number of aromatic nitrogens is 4. The van der Waals surface area contributed by atoms with E-state index < -0.39 is 0 Å². The van der Waals surface area contributed by atoms with Crippen LogP contribution in [-0.4, -0.2) is 20.2 Å². The first-order valence-electron chi connectivity index (χ1n) is 2.69. The van der Waals surface area contributed by atoms with Gasteiger partial charge in [0.25, 0.3) is 0 Å². The quantitative estimate of drug-likeness (QED) is 0.511. The van der Waals surface area contributed by atoms with Crippen LogP contribution in [0, 0.1) is 0 Å². The number of hydrogen-bond donors (Lipinski definition) is 0. The molecule has 0 bridgehead atoms. The molecule has 8 heavy (non-hydrogen) atoms. The molecule has 1 aliphatic carbocycles. The van der Waals surface area contributed by atoms with E-state index in [1.165, 1.54) is 12.8 Å². The average Bonchev–Trinajstić information content (AvgIpc) is 2.49. The van der Waals surface area contributed by atoms with Crippen LogP contribution in [0.15, 0.2) is 6.33 Å². The van der Waals surface area contributed by atoms with E-state index in [4.69, 9.17) is 0 Å². The Hall–Kier alpha value is -0.930. The average molecular weight is 110 g/mol. The predicted molar refractivity (Wildman–Crippen MR) is 26.1 cm³/mol. The van der Waals surface area contributed by atoms with Gasteiger partial charge in [-0.2, -0.15) is 0 Å². The van der Waals surface area contributed by atoms with Crippen LogP contribution in [0.2, 0.25) is 0 Å². The van der Waals surface area contributed by atoms with Gasteiger partial charge in [0.1, 0.15) is 6.33 Å². The van der Waals surface area contributed by atoms with Gasteiger partial charge in [-0.1, -0.05) is 0 Å². The number of rotatable bonds is 1. The molecule has 0 atom stereocenters. The Morgan fingerprint density at radius 1 is 1.50 bits per heavy atom. The largest absolute Gasteiger partial charge is 0.229 e. The molecule has 0 radical (unpaired) electrons. The molecule has 4 nitrogen and oxygen atoms in total. The number of nitrogens with zero attached hydrogens (tertiary/aromatic N) is 4. The molecular weight excluding hydrogens is 104 g/mol. The molecule has 2 rings (SSSR count). The minimum Gasteiger partial charge on any atom is -0.229 e. The summed E-state index contributed by atoms with van der Waals surface area (Å²) in [6.07, 6.45) is 4.15. The summed E-state index contributed by atoms with van der Waals surface area (Å²) in [4.78, 5) is 0. The second-order valence-corrected chi connectivity index (χ2v) is 2.02. The molecule has 42 valence electrons. The lowest BCUT2D eigenvalue weighted by molar-refractivity contribution is 0.610. The van der Waals surface area contributed by atoms with Crippen molar-refractivity contribution >= 4 is 0 Å². The van der Waals surface area contributed by atoms with Gasteiger partial charge in [-0.05, 0) is 23.3 Å². The van der Waals surface area contributed by atoms with Gasteiger partial charge < -0.3 is 0 Å². The van der Waals surface area contributed by atoms with Crippen molar-refractivity contribution in [3.8, 4) is 0 Å². The zero-order valence-electron chi connectivity index (χ0n) is 4.36. The summed E-state index contributed by atoms with van der Waals surface area (Å²) in [5.74, 6) is 0. The van der Waals surface area contributed by atoms with Crippen LogP contribution in [0.5, 0.6) is 0 Å². The monoisotopic (exact) mass is 110 g/mol. The second-order valence-electron chi connectivity index (χ2n) is 2.02. The first-order valence-corrected chi connectivity index (χ1v) is 2.69. The maximum atomic E-state index is 3.73. The molecule has 1 saturated carbocycles. The molecule has 1 heterocycles. The maximum absolute atomic E-state index is 3.73. The molecule has 0 unspecified atom stereocenters. The van der Waals surface area contributed by atoms with E-state index in [0.717, 1.165) is 0 Å². The Kier molecular flexibility index (Phi) is 0.637. The Labute approximate surface area is 46.5 Å². The zero-order valence-corrected chi connectivity index (χ0v) is 4.36. The minimum absolute atomic E-state index is 0.616. The van der Waals surface area contributed by atoms with Crippen molar-refractivity contribution in [3.63, 3.8) is 0 Å². The lowest BCUT2D eigenvalue weighted by Gasteiger charge is -1.86. The van der Waals surface area contributed by atoms with Crippen LogP contribution >= 0.6 is 0 Å². The first kappa shape index (κ1) is 4.00. The Bertz CT molecular complexity index is 164. The first-order chi connectivity index (χ1) is 3.97. The van der Waals surface area contributed by atoms with E-state index in [0.29, 0.717) is 6.04 Å². The molecule has 0 aromatic carbocycles. The molecular formula is C4H6N4. The van der Waals surface area contributed by atoms with Crippen LogP contribution in [0.25, 0.3) is 0 Å². The van der Waals surface area contributed by atoms with Crippen LogP contribution in [0.4, 0.5) is 0 Å². The summed E-state index contributed by atoms with van der Waals surface area (Å²) in [5.41, 5.74) is 0. The second kappa shape index (κ2) is 1.27. The third-order valence-electron chi connectivity index (χ3n) is 1.29. The van der Waals surface area contributed by atoms with Crippen LogP contribution in [-0.2, 0) is 0 Å². The summed E-state index contributed by atoms with van der Waals surface area (Å²) in [7, 11) is 0. The van der Waals surface area contributed by atoms with Crippen LogP contribution in [0.1, 0.15) is 18.9 Å². The highest BCUT2D eigenvalue weighted by Crippen LogP contribution is 2.32. The van der Waals surface area contributed by atoms with E-state index >= 15 is 0 Å². The highest BCUT2D eigenvalue weighted by Gasteiger charge is 2.24. The summed E-state index contributed by atoms with van der Waals surface area (Å²) in [6.45, 7) is 0. The van der Waals surface area contributed by atoms with Crippen molar-refractivity contribution < 1.29 is 0 Å². The molecule has 1 fully saturated rings. The van der Waals surface area contributed by atoms with Gasteiger partial charge in [0.05, 0.1) is 6.04 Å². The van der Waals surface area contributed by atoms with E-state index in [9.17, 15) is 0 Å². The third-order valence-corrected chi connectivity index (χ3v) is 1.29. The highest BCUT2D eigenvalue weighted by molar-refractivity contribution is 4.77.